The number of ether oxygens (including phenoxy) is 1. The summed E-state index contributed by atoms with van der Waals surface area (Å²) in [4.78, 5) is 36.6. The second-order valence-corrected chi connectivity index (χ2v) is 7.13. The average Bonchev–Trinajstić information content (AvgIpc) is 3.20. The van der Waals surface area contributed by atoms with Crippen LogP contribution in [-0.2, 0) is 14.3 Å². The first-order valence-electron chi connectivity index (χ1n) is 8.83. The van der Waals surface area contributed by atoms with E-state index < -0.39 is 18.0 Å². The third-order valence-electron chi connectivity index (χ3n) is 4.18. The highest BCUT2D eigenvalue weighted by molar-refractivity contribution is 7.12. The third kappa shape index (κ3) is 5.92. The Kier molecular flexibility index (Phi) is 7.55. The van der Waals surface area contributed by atoms with E-state index in [9.17, 15) is 14.4 Å². The molecule has 0 saturated heterocycles. The van der Waals surface area contributed by atoms with Gasteiger partial charge >= 0.3 is 5.97 Å². The van der Waals surface area contributed by atoms with Crippen LogP contribution in [0.25, 0.3) is 0 Å². The summed E-state index contributed by atoms with van der Waals surface area (Å²) in [7, 11) is 0. The number of rotatable bonds is 8. The summed E-state index contributed by atoms with van der Waals surface area (Å²) in [5.74, 6) is -1.13. The molecule has 0 bridgehead atoms. The summed E-state index contributed by atoms with van der Waals surface area (Å²) in [5, 5.41) is 7.07. The highest BCUT2D eigenvalue weighted by Crippen LogP contribution is 2.26. The quantitative estimate of drug-likeness (QED) is 0.677. The van der Waals surface area contributed by atoms with Crippen LogP contribution in [0, 0.1) is 0 Å². The number of anilines is 1. The highest BCUT2D eigenvalue weighted by atomic mass is 32.1. The van der Waals surface area contributed by atoms with Crippen molar-refractivity contribution in [3.63, 3.8) is 0 Å². The molecule has 2 atom stereocenters. The van der Waals surface area contributed by atoms with Gasteiger partial charge in [-0.2, -0.15) is 0 Å². The molecule has 27 heavy (non-hydrogen) atoms. The van der Waals surface area contributed by atoms with Crippen molar-refractivity contribution in [3.05, 3.63) is 52.2 Å². The predicted octanol–water partition coefficient (Wildman–Crippen LogP) is 3.56. The van der Waals surface area contributed by atoms with Crippen LogP contribution in [0.1, 0.15) is 48.3 Å². The van der Waals surface area contributed by atoms with E-state index in [0.717, 1.165) is 12.0 Å². The number of carbonyl (C=O) groups excluding carboxylic acids is 3. The van der Waals surface area contributed by atoms with Gasteiger partial charge in [-0.15, -0.1) is 11.3 Å². The van der Waals surface area contributed by atoms with E-state index in [1.165, 1.54) is 18.3 Å². The van der Waals surface area contributed by atoms with E-state index in [1.807, 2.05) is 24.3 Å². The molecule has 0 saturated carbocycles. The van der Waals surface area contributed by atoms with Gasteiger partial charge in [-0.25, -0.2) is 0 Å². The molecule has 1 aromatic heterocycles. The zero-order chi connectivity index (χ0) is 19.8. The molecule has 0 spiro atoms. The minimum atomic E-state index is -0.971. The van der Waals surface area contributed by atoms with Gasteiger partial charge in [0.05, 0.1) is 4.88 Å². The van der Waals surface area contributed by atoms with E-state index in [1.54, 1.807) is 17.5 Å². The summed E-state index contributed by atoms with van der Waals surface area (Å²) in [5.41, 5.74) is 1.75. The molecule has 0 unspecified atom stereocenters. The molecule has 2 aromatic rings. The SMILES string of the molecule is CC[C@@H](C)c1ccccc1NC(=O)[C@H](C)OC(=O)CNC(=O)c1cccs1. The van der Waals surface area contributed by atoms with E-state index in [0.29, 0.717) is 16.5 Å². The third-order valence-corrected chi connectivity index (χ3v) is 5.05. The van der Waals surface area contributed by atoms with Crippen LogP contribution in [-0.4, -0.2) is 30.4 Å². The lowest BCUT2D eigenvalue weighted by Crippen LogP contribution is -2.35. The van der Waals surface area contributed by atoms with Crippen molar-refractivity contribution in [2.45, 2.75) is 39.2 Å². The smallest absolute Gasteiger partial charge is 0.326 e. The molecule has 0 fully saturated rings. The molecule has 0 aliphatic carbocycles. The second-order valence-electron chi connectivity index (χ2n) is 6.18. The summed E-state index contributed by atoms with van der Waals surface area (Å²) in [6, 6.07) is 11.0. The number of hydrogen-bond donors (Lipinski definition) is 2. The monoisotopic (exact) mass is 388 g/mol. The van der Waals surface area contributed by atoms with Crippen LogP contribution >= 0.6 is 11.3 Å². The number of carbonyl (C=O) groups is 3. The van der Waals surface area contributed by atoms with Gasteiger partial charge in [-0.3, -0.25) is 14.4 Å². The number of amides is 2. The molecular formula is C20H24N2O4S. The van der Waals surface area contributed by atoms with Crippen molar-refractivity contribution < 1.29 is 19.1 Å². The van der Waals surface area contributed by atoms with Gasteiger partial charge in [0.25, 0.3) is 11.8 Å². The minimum Gasteiger partial charge on any atom is -0.451 e. The Morgan fingerprint density at radius 2 is 1.85 bits per heavy atom. The number of esters is 1. The minimum absolute atomic E-state index is 0.294. The Labute approximate surface area is 162 Å². The summed E-state index contributed by atoms with van der Waals surface area (Å²) in [6.07, 6.45) is -0.0254. The molecule has 1 heterocycles. The Morgan fingerprint density at radius 3 is 2.52 bits per heavy atom. The maximum absolute atomic E-state index is 12.4. The fourth-order valence-corrected chi connectivity index (χ4v) is 3.07. The van der Waals surface area contributed by atoms with Crippen LogP contribution in [0.15, 0.2) is 41.8 Å². The maximum Gasteiger partial charge on any atom is 0.326 e. The largest absolute Gasteiger partial charge is 0.451 e. The molecular weight excluding hydrogens is 364 g/mol. The van der Waals surface area contributed by atoms with Crippen molar-refractivity contribution in [1.82, 2.24) is 5.32 Å². The van der Waals surface area contributed by atoms with Crippen molar-refractivity contribution in [2.24, 2.45) is 0 Å². The maximum atomic E-state index is 12.4. The first-order valence-corrected chi connectivity index (χ1v) is 9.71. The van der Waals surface area contributed by atoms with Crippen molar-refractivity contribution in [2.75, 3.05) is 11.9 Å². The molecule has 1 aromatic carbocycles. The van der Waals surface area contributed by atoms with E-state index in [-0.39, 0.29) is 12.5 Å². The fraction of sp³-hybridized carbons (Fsp3) is 0.350. The fourth-order valence-electron chi connectivity index (χ4n) is 2.43. The Hall–Kier alpha value is -2.67. The molecule has 0 aliphatic heterocycles. The number of nitrogens with one attached hydrogen (secondary N) is 2. The standard InChI is InChI=1S/C20H24N2O4S/c1-4-13(2)15-8-5-6-9-16(15)22-19(24)14(3)26-18(23)12-21-20(25)17-10-7-11-27-17/h5-11,13-14H,4,12H2,1-3H3,(H,21,25)(H,22,24)/t13-,14+/m1/s1. The molecule has 0 aliphatic rings. The number of para-hydroxylation sites is 1. The van der Waals surface area contributed by atoms with Crippen LogP contribution in [0.3, 0.4) is 0 Å². The van der Waals surface area contributed by atoms with Gasteiger partial charge < -0.3 is 15.4 Å². The molecule has 6 nitrogen and oxygen atoms in total. The van der Waals surface area contributed by atoms with Crippen LogP contribution < -0.4 is 10.6 Å². The van der Waals surface area contributed by atoms with Crippen LogP contribution in [0.2, 0.25) is 0 Å². The van der Waals surface area contributed by atoms with Crippen LogP contribution in [0.4, 0.5) is 5.69 Å². The van der Waals surface area contributed by atoms with E-state index >= 15 is 0 Å². The van der Waals surface area contributed by atoms with Gasteiger partial charge in [0, 0.05) is 5.69 Å². The highest BCUT2D eigenvalue weighted by Gasteiger charge is 2.20. The van der Waals surface area contributed by atoms with Gasteiger partial charge in [0.2, 0.25) is 0 Å². The predicted molar refractivity (Wildman–Crippen MR) is 106 cm³/mol. The van der Waals surface area contributed by atoms with Gasteiger partial charge in [-0.1, -0.05) is 38.1 Å². The molecule has 2 amide bonds. The van der Waals surface area contributed by atoms with E-state index in [2.05, 4.69) is 24.5 Å². The Balaban J connectivity index is 1.86. The molecule has 7 heteroatoms. The lowest BCUT2D eigenvalue weighted by atomic mass is 9.97. The Bertz CT molecular complexity index is 789. The number of thiophene rings is 1. The second kappa shape index (κ2) is 9.87. The van der Waals surface area contributed by atoms with Crippen molar-refractivity contribution in [1.29, 1.82) is 0 Å². The van der Waals surface area contributed by atoms with Crippen LogP contribution in [0.5, 0.6) is 0 Å². The normalized spacial score (nSPS) is 12.7. The molecule has 144 valence electrons. The number of hydrogen-bond acceptors (Lipinski definition) is 5. The van der Waals surface area contributed by atoms with Crippen molar-refractivity contribution in [3.8, 4) is 0 Å². The summed E-state index contributed by atoms with van der Waals surface area (Å²) < 4.78 is 5.12. The zero-order valence-electron chi connectivity index (χ0n) is 15.7. The van der Waals surface area contributed by atoms with Gasteiger partial charge in [0.15, 0.2) is 6.10 Å². The first kappa shape index (κ1) is 20.6. The molecule has 2 N–H and O–H groups in total. The summed E-state index contributed by atoms with van der Waals surface area (Å²) in [6.45, 7) is 5.38. The average molecular weight is 388 g/mol. The molecule has 2 rings (SSSR count). The zero-order valence-corrected chi connectivity index (χ0v) is 16.5. The molecule has 0 radical (unpaired) electrons. The summed E-state index contributed by atoms with van der Waals surface area (Å²) >= 11 is 1.28. The van der Waals surface area contributed by atoms with E-state index in [4.69, 9.17) is 4.74 Å². The van der Waals surface area contributed by atoms with Crippen molar-refractivity contribution >= 4 is 34.8 Å². The van der Waals surface area contributed by atoms with Gasteiger partial charge in [0.1, 0.15) is 6.54 Å². The first-order chi connectivity index (χ1) is 12.9. The topological polar surface area (TPSA) is 84.5 Å². The number of benzene rings is 1. The lowest BCUT2D eigenvalue weighted by molar-refractivity contribution is -0.152. The Morgan fingerprint density at radius 1 is 1.11 bits per heavy atom. The van der Waals surface area contributed by atoms with Gasteiger partial charge in [-0.05, 0) is 42.3 Å². The lowest BCUT2D eigenvalue weighted by Gasteiger charge is -2.18.